The fraction of sp³-hybridized carbons (Fsp3) is 0.500. The molecule has 386 valence electrons. The number of nitro benzene ring substituents is 1. The van der Waals surface area contributed by atoms with Gasteiger partial charge in [-0.25, -0.2) is 17.2 Å². The van der Waals surface area contributed by atoms with Gasteiger partial charge in [0.1, 0.15) is 28.9 Å². The van der Waals surface area contributed by atoms with Gasteiger partial charge < -0.3 is 49.7 Å². The lowest BCUT2D eigenvalue weighted by atomic mass is 9.59. The Balaban J connectivity index is 0.936. The number of anilines is 4. The zero-order valence-electron chi connectivity index (χ0n) is 40.6. The quantitative estimate of drug-likeness (QED) is 0.0939. The monoisotopic (exact) mass is 1020 g/mol. The topological polar surface area (TPSA) is 211 Å². The first kappa shape index (κ1) is 47.8. The molecule has 0 radical (unpaired) electrons. The predicted molar refractivity (Wildman–Crippen MR) is 267 cm³/mol. The predicted octanol–water partition coefficient (Wildman–Crippen LogP) is 7.13. The molecule has 0 bridgehead atoms. The minimum Gasteiger partial charge on any atom is -0.489 e. The highest BCUT2D eigenvalue weighted by Crippen LogP contribution is 2.56. The molecule has 7 aliphatic rings. The van der Waals surface area contributed by atoms with Crippen molar-refractivity contribution in [1.29, 1.82) is 0 Å². The van der Waals surface area contributed by atoms with Crippen molar-refractivity contribution in [2.45, 2.75) is 97.9 Å². The van der Waals surface area contributed by atoms with E-state index in [-0.39, 0.29) is 90.6 Å². The molecule has 8 heterocycles. The number of alkyl halides is 2. The maximum Gasteiger partial charge on any atom is 0.297 e. The first-order valence-corrected chi connectivity index (χ1v) is 26.8. The van der Waals surface area contributed by atoms with Crippen LogP contribution in [0.4, 0.5) is 37.2 Å². The van der Waals surface area contributed by atoms with Crippen molar-refractivity contribution in [3.05, 3.63) is 93.7 Å². The summed E-state index contributed by atoms with van der Waals surface area (Å²) in [5, 5.41) is 16.9. The van der Waals surface area contributed by atoms with E-state index in [0.29, 0.717) is 67.8 Å². The van der Waals surface area contributed by atoms with E-state index >= 15 is 8.42 Å². The number of H-pyrrole nitrogens is 1. The maximum absolute atomic E-state index is 16.1. The molecule has 18 nitrogen and oxygen atoms in total. The number of nitrogens with one attached hydrogen (secondary N) is 2. The molecule has 1 aliphatic carbocycles. The number of pyridine rings is 1. The number of fused-ring (bicyclic) bond motifs is 4. The number of hydrogen-bond acceptors (Lipinski definition) is 15. The lowest BCUT2D eigenvalue weighted by molar-refractivity contribution is -0.384. The third kappa shape index (κ3) is 8.59. The van der Waals surface area contributed by atoms with E-state index in [1.165, 1.54) is 17.2 Å². The average Bonchev–Trinajstić information content (AvgIpc) is 3.84. The second-order valence-corrected chi connectivity index (χ2v) is 22.9. The van der Waals surface area contributed by atoms with Crippen molar-refractivity contribution < 1.29 is 45.9 Å². The van der Waals surface area contributed by atoms with E-state index in [2.05, 4.69) is 51.3 Å². The number of aromatic nitrogens is 2. The van der Waals surface area contributed by atoms with Crippen LogP contribution in [0.5, 0.6) is 11.6 Å². The standard InChI is InChI=1S/C52H59F2N9O9S/c1-31-4-2-3-5-36(31)42-29-70-21-19-61(42)34-25-51(26-34)10-17-60(18-11-51)39-7-6-37(48(55)64)46(62-38-9-20-69-30-44(38)72-50-41(62)22-32-8-14-56-49(32)58-50)47(39)73(67,68)35-23-40(63(65)66)45-43(24-35)71-28-33(57-45)27-59-15-12-52(53,54)13-16-59/h2-8,14,22-24,33-34,38,42,44,57H,9-13,15-21,25-30H2,1H3,(H2,55,64)(H,56,58)/t33-,38-,42-,44-/m0/s1. The summed E-state index contributed by atoms with van der Waals surface area (Å²) >= 11 is 0. The van der Waals surface area contributed by atoms with Gasteiger partial charge in [-0.1, -0.05) is 24.3 Å². The van der Waals surface area contributed by atoms with Gasteiger partial charge in [-0.3, -0.25) is 19.8 Å². The number of sulfone groups is 1. The summed E-state index contributed by atoms with van der Waals surface area (Å²) < 4.78 is 84.9. The minimum absolute atomic E-state index is 0.000982. The zero-order chi connectivity index (χ0) is 50.4. The summed E-state index contributed by atoms with van der Waals surface area (Å²) in [7, 11) is -4.84. The van der Waals surface area contributed by atoms with Gasteiger partial charge in [0.2, 0.25) is 15.7 Å². The van der Waals surface area contributed by atoms with Crippen molar-refractivity contribution in [3.8, 4) is 11.6 Å². The molecule has 73 heavy (non-hydrogen) atoms. The number of ether oxygens (including phenoxy) is 4. The molecule has 1 saturated carbocycles. The Morgan fingerprint density at radius 3 is 2.49 bits per heavy atom. The molecule has 4 N–H and O–H groups in total. The lowest BCUT2D eigenvalue weighted by Gasteiger charge is -2.57. The number of halogens is 2. The molecule has 4 atom stereocenters. The van der Waals surface area contributed by atoms with Crippen molar-refractivity contribution in [2.24, 2.45) is 11.1 Å². The molecular formula is C52H59F2N9O9S. The van der Waals surface area contributed by atoms with E-state index in [4.69, 9.17) is 29.7 Å². The van der Waals surface area contributed by atoms with Gasteiger partial charge in [0, 0.05) is 88.5 Å². The number of morpholine rings is 1. The van der Waals surface area contributed by atoms with Crippen LogP contribution in [-0.4, -0.2) is 141 Å². The van der Waals surface area contributed by atoms with Crippen molar-refractivity contribution >= 4 is 55.2 Å². The SMILES string of the molecule is Cc1ccccc1[C@@H]1COCCN1C1CC2(CCN(c3ccc(C(N)=O)c(N4c5cc6cc[nH]c6nc5O[C@H]5COCC[C@@H]54)c3S(=O)(=O)c3cc4c(c([N+](=O)[O-])c3)N[C@@H](CN3CCC(F)(F)CC3)CO4)CC2)C1. The summed E-state index contributed by atoms with van der Waals surface area (Å²) in [6.45, 7) is 6.40. The number of benzene rings is 3. The summed E-state index contributed by atoms with van der Waals surface area (Å²) in [6, 6.07) is 17.2. The molecular weight excluding hydrogens is 965 g/mol. The number of aryl methyl sites for hydroxylation is 1. The molecule has 4 saturated heterocycles. The Hall–Kier alpha value is -6.13. The third-order valence-corrected chi connectivity index (χ3v) is 18.4. The van der Waals surface area contributed by atoms with Gasteiger partial charge in [0.25, 0.3) is 17.5 Å². The van der Waals surface area contributed by atoms with Crippen molar-refractivity contribution in [1.82, 2.24) is 19.8 Å². The molecule has 6 aliphatic heterocycles. The van der Waals surface area contributed by atoms with Gasteiger partial charge in [0.05, 0.1) is 64.7 Å². The molecule has 21 heteroatoms. The number of likely N-dealkylation sites (tertiary alicyclic amines) is 1. The van der Waals surface area contributed by atoms with Gasteiger partial charge in [-0.05, 0) is 79.8 Å². The number of amides is 1. The lowest BCUT2D eigenvalue weighted by Crippen LogP contribution is -2.58. The number of rotatable bonds is 10. The van der Waals surface area contributed by atoms with Crippen LogP contribution < -0.4 is 30.3 Å². The third-order valence-electron chi connectivity index (χ3n) is 16.6. The second kappa shape index (κ2) is 18.4. The van der Waals surface area contributed by atoms with Crippen molar-refractivity contribution in [2.75, 3.05) is 87.4 Å². The number of nitro groups is 1. The molecule has 0 unspecified atom stereocenters. The Morgan fingerprint density at radius 2 is 1.73 bits per heavy atom. The molecule has 5 fully saturated rings. The minimum atomic E-state index is -4.84. The number of nitrogens with two attached hydrogens (primary N) is 1. The molecule has 5 aromatic rings. The van der Waals surface area contributed by atoms with Crippen LogP contribution in [0.25, 0.3) is 11.0 Å². The van der Waals surface area contributed by atoms with Crippen LogP contribution in [0.15, 0.2) is 76.7 Å². The normalized spacial score (nSPS) is 25.1. The number of carbonyl (C=O) groups excluding carboxylic acids is 1. The van der Waals surface area contributed by atoms with Crippen molar-refractivity contribution in [3.63, 3.8) is 0 Å². The van der Waals surface area contributed by atoms with E-state index in [1.54, 1.807) is 18.3 Å². The van der Waals surface area contributed by atoms with E-state index in [1.807, 2.05) is 21.9 Å². The van der Waals surface area contributed by atoms with E-state index < -0.39 is 55.4 Å². The van der Waals surface area contributed by atoms with Gasteiger partial charge in [0.15, 0.2) is 11.4 Å². The van der Waals surface area contributed by atoms with Crippen LogP contribution in [0.3, 0.4) is 0 Å². The Kier molecular flexibility index (Phi) is 12.0. The van der Waals surface area contributed by atoms with E-state index in [9.17, 15) is 23.7 Å². The fourth-order valence-corrected chi connectivity index (χ4v) is 14.4. The number of nitrogens with zero attached hydrogens (tertiary/aromatic N) is 6. The Labute approximate surface area is 421 Å². The van der Waals surface area contributed by atoms with Crippen LogP contribution in [0.2, 0.25) is 0 Å². The van der Waals surface area contributed by atoms with E-state index in [0.717, 1.165) is 38.3 Å². The van der Waals surface area contributed by atoms with Crippen LogP contribution in [0.1, 0.15) is 72.5 Å². The summed E-state index contributed by atoms with van der Waals surface area (Å²) in [4.78, 5) is 41.9. The number of carbonyl (C=O) groups is 1. The first-order valence-electron chi connectivity index (χ1n) is 25.3. The molecule has 12 rings (SSSR count). The van der Waals surface area contributed by atoms with Crippen LogP contribution in [0, 0.1) is 22.5 Å². The summed E-state index contributed by atoms with van der Waals surface area (Å²) in [5.41, 5.74) is 9.54. The van der Waals surface area contributed by atoms with Gasteiger partial charge >= 0.3 is 0 Å². The largest absolute Gasteiger partial charge is 0.489 e. The smallest absolute Gasteiger partial charge is 0.297 e. The second-order valence-electron chi connectivity index (χ2n) is 21.0. The molecule has 2 aromatic heterocycles. The highest BCUT2D eigenvalue weighted by atomic mass is 32.2. The van der Waals surface area contributed by atoms with Crippen LogP contribution >= 0.6 is 0 Å². The van der Waals surface area contributed by atoms with Crippen LogP contribution in [-0.2, 0) is 19.3 Å². The Bertz CT molecular complexity index is 3100. The maximum atomic E-state index is 16.1. The molecule has 1 spiro atoms. The van der Waals surface area contributed by atoms with Gasteiger partial charge in [-0.2, -0.15) is 4.98 Å². The summed E-state index contributed by atoms with van der Waals surface area (Å²) in [5.74, 6) is -3.46. The average molecular weight is 1020 g/mol. The number of aromatic amines is 1. The van der Waals surface area contributed by atoms with Gasteiger partial charge in [-0.15, -0.1) is 0 Å². The fourth-order valence-electron chi connectivity index (χ4n) is 12.7. The number of piperidine rings is 2. The zero-order valence-corrected chi connectivity index (χ0v) is 41.4. The first-order chi connectivity index (χ1) is 35.1. The molecule has 1 amide bonds. The number of primary amides is 1. The number of hydrogen-bond donors (Lipinski definition) is 3. The Morgan fingerprint density at radius 1 is 0.945 bits per heavy atom. The molecule has 3 aromatic carbocycles. The summed E-state index contributed by atoms with van der Waals surface area (Å²) in [6.07, 6.45) is 4.50. The highest BCUT2D eigenvalue weighted by molar-refractivity contribution is 7.91. The highest BCUT2D eigenvalue weighted by Gasteiger charge is 2.51.